The highest BCUT2D eigenvalue weighted by molar-refractivity contribution is 5.77. The number of carbonyl (C=O) groups is 1. The lowest BCUT2D eigenvalue weighted by molar-refractivity contribution is -0.121. The maximum atomic E-state index is 12.5. The van der Waals surface area contributed by atoms with Gasteiger partial charge in [-0.2, -0.15) is 0 Å². The number of carbonyl (C=O) groups excluding carboxylic acids is 1. The minimum atomic E-state index is -0.193. The number of aromatic amines is 1. The molecule has 0 saturated heterocycles. The van der Waals surface area contributed by atoms with Crippen molar-refractivity contribution in [3.8, 4) is 5.75 Å². The quantitative estimate of drug-likeness (QED) is 0.568. The first-order valence-corrected chi connectivity index (χ1v) is 11.3. The van der Waals surface area contributed by atoms with Crippen molar-refractivity contribution in [3.63, 3.8) is 0 Å². The van der Waals surface area contributed by atoms with Crippen LogP contribution in [0.2, 0.25) is 0 Å². The maximum absolute atomic E-state index is 12.5. The van der Waals surface area contributed by atoms with Gasteiger partial charge in [-0.3, -0.25) is 14.5 Å². The van der Waals surface area contributed by atoms with E-state index in [1.54, 1.807) is 18.2 Å². The molecule has 168 valence electrons. The lowest BCUT2D eigenvalue weighted by Gasteiger charge is -2.23. The highest BCUT2D eigenvalue weighted by atomic mass is 16.5. The Morgan fingerprint density at radius 2 is 2.03 bits per heavy atom. The SMILES string of the molecule is CCCC[C@@H]1CN(CCC(=O)NCc2nc3ccccc3c(=O)[nH]2)Cc2ccccc2O1. The van der Waals surface area contributed by atoms with Gasteiger partial charge in [0.2, 0.25) is 5.91 Å². The number of hydrogen-bond acceptors (Lipinski definition) is 5. The summed E-state index contributed by atoms with van der Waals surface area (Å²) in [7, 11) is 0. The Labute approximate surface area is 187 Å². The largest absolute Gasteiger partial charge is 0.489 e. The van der Waals surface area contributed by atoms with Crippen LogP contribution in [0, 0.1) is 0 Å². The van der Waals surface area contributed by atoms with E-state index in [-0.39, 0.29) is 24.1 Å². The number of H-pyrrole nitrogens is 1. The van der Waals surface area contributed by atoms with Gasteiger partial charge in [-0.25, -0.2) is 4.98 Å². The van der Waals surface area contributed by atoms with Crippen LogP contribution in [0.1, 0.15) is 44.0 Å². The molecule has 0 spiro atoms. The number of benzene rings is 2. The van der Waals surface area contributed by atoms with E-state index in [1.165, 1.54) is 0 Å². The van der Waals surface area contributed by atoms with Gasteiger partial charge in [0.15, 0.2) is 0 Å². The van der Waals surface area contributed by atoms with Crippen LogP contribution in [0.15, 0.2) is 53.3 Å². The first kappa shape index (κ1) is 22.0. The van der Waals surface area contributed by atoms with Crippen LogP contribution in [0.5, 0.6) is 5.75 Å². The molecule has 0 unspecified atom stereocenters. The Morgan fingerprint density at radius 1 is 1.22 bits per heavy atom. The molecular formula is C25H30N4O3. The van der Waals surface area contributed by atoms with Crippen LogP contribution in [0.25, 0.3) is 10.9 Å². The normalized spacial score (nSPS) is 16.2. The molecule has 32 heavy (non-hydrogen) atoms. The molecule has 4 rings (SSSR count). The third-order valence-electron chi connectivity index (χ3n) is 5.77. The summed E-state index contributed by atoms with van der Waals surface area (Å²) < 4.78 is 6.26. The molecule has 1 atom stereocenters. The zero-order valence-electron chi connectivity index (χ0n) is 18.5. The molecule has 2 heterocycles. The van der Waals surface area contributed by atoms with Gasteiger partial charge >= 0.3 is 0 Å². The van der Waals surface area contributed by atoms with E-state index in [4.69, 9.17) is 4.74 Å². The fourth-order valence-corrected chi connectivity index (χ4v) is 4.06. The van der Waals surface area contributed by atoms with E-state index in [2.05, 4.69) is 33.2 Å². The van der Waals surface area contributed by atoms with Crippen LogP contribution in [-0.2, 0) is 17.9 Å². The minimum absolute atomic E-state index is 0.0654. The van der Waals surface area contributed by atoms with Crippen molar-refractivity contribution in [2.75, 3.05) is 13.1 Å². The van der Waals surface area contributed by atoms with E-state index >= 15 is 0 Å². The molecule has 0 bridgehead atoms. The van der Waals surface area contributed by atoms with E-state index in [0.717, 1.165) is 43.7 Å². The van der Waals surface area contributed by atoms with Crippen molar-refractivity contribution >= 4 is 16.8 Å². The number of fused-ring (bicyclic) bond motifs is 2. The summed E-state index contributed by atoms with van der Waals surface area (Å²) in [6.45, 7) is 4.61. The fraction of sp³-hybridized carbons (Fsp3) is 0.400. The van der Waals surface area contributed by atoms with Crippen LogP contribution in [-0.4, -0.2) is 40.0 Å². The van der Waals surface area contributed by atoms with Crippen molar-refractivity contribution in [1.82, 2.24) is 20.2 Å². The summed E-state index contributed by atoms with van der Waals surface area (Å²) in [5, 5.41) is 3.43. The second-order valence-electron chi connectivity index (χ2n) is 8.28. The average Bonchev–Trinajstić information content (AvgIpc) is 2.99. The second kappa shape index (κ2) is 10.4. The number of para-hydroxylation sites is 2. The molecule has 3 aromatic rings. The number of amides is 1. The van der Waals surface area contributed by atoms with Gasteiger partial charge in [0, 0.05) is 31.6 Å². The van der Waals surface area contributed by atoms with Crippen molar-refractivity contribution in [1.29, 1.82) is 0 Å². The standard InChI is InChI=1S/C25H30N4O3/c1-2-3-9-19-17-29(16-18-8-4-7-12-22(18)32-19)14-13-24(30)26-15-23-27-21-11-6-5-10-20(21)25(31)28-23/h4-8,10-12,19H,2-3,9,13-17H2,1H3,(H,26,30)(H,27,28,31)/t19-/m1/s1. The molecule has 1 aliphatic rings. The molecule has 7 heteroatoms. The lowest BCUT2D eigenvalue weighted by atomic mass is 10.1. The van der Waals surface area contributed by atoms with Gasteiger partial charge in [-0.15, -0.1) is 0 Å². The zero-order valence-corrected chi connectivity index (χ0v) is 18.5. The third kappa shape index (κ3) is 5.53. The third-order valence-corrected chi connectivity index (χ3v) is 5.77. The molecule has 2 aromatic carbocycles. The van der Waals surface area contributed by atoms with Gasteiger partial charge in [0.25, 0.3) is 5.56 Å². The summed E-state index contributed by atoms with van der Waals surface area (Å²) in [6, 6.07) is 15.3. The second-order valence-corrected chi connectivity index (χ2v) is 8.28. The van der Waals surface area contributed by atoms with Crippen molar-refractivity contribution in [2.45, 2.75) is 51.8 Å². The molecule has 1 aliphatic heterocycles. The summed E-state index contributed by atoms with van der Waals surface area (Å²) >= 11 is 0. The Balaban J connectivity index is 1.34. The van der Waals surface area contributed by atoms with Crippen molar-refractivity contribution < 1.29 is 9.53 Å². The number of hydrogen-bond donors (Lipinski definition) is 2. The Kier molecular flexibility index (Phi) is 7.17. The zero-order chi connectivity index (χ0) is 22.3. The van der Waals surface area contributed by atoms with E-state index in [0.29, 0.717) is 29.7 Å². The Bertz CT molecular complexity index is 1130. The maximum Gasteiger partial charge on any atom is 0.258 e. The molecule has 2 N–H and O–H groups in total. The number of nitrogens with one attached hydrogen (secondary N) is 2. The number of aromatic nitrogens is 2. The number of nitrogens with zero attached hydrogens (tertiary/aromatic N) is 2. The Hall–Kier alpha value is -3.19. The van der Waals surface area contributed by atoms with Crippen LogP contribution < -0.4 is 15.6 Å². The first-order valence-electron chi connectivity index (χ1n) is 11.3. The van der Waals surface area contributed by atoms with Gasteiger partial charge in [-0.05, 0) is 31.0 Å². The predicted molar refractivity (Wildman–Crippen MR) is 124 cm³/mol. The van der Waals surface area contributed by atoms with Crippen LogP contribution in [0.3, 0.4) is 0 Å². The predicted octanol–water partition coefficient (Wildman–Crippen LogP) is 3.38. The molecule has 0 aliphatic carbocycles. The molecule has 0 saturated carbocycles. The fourth-order valence-electron chi connectivity index (χ4n) is 4.06. The minimum Gasteiger partial charge on any atom is -0.489 e. The highest BCUT2D eigenvalue weighted by Crippen LogP contribution is 2.26. The molecule has 1 amide bonds. The summed E-state index contributed by atoms with van der Waals surface area (Å²) in [5.74, 6) is 1.34. The molecule has 7 nitrogen and oxygen atoms in total. The lowest BCUT2D eigenvalue weighted by Crippen LogP contribution is -2.36. The molecule has 0 fully saturated rings. The average molecular weight is 435 g/mol. The molecule has 0 radical (unpaired) electrons. The highest BCUT2D eigenvalue weighted by Gasteiger charge is 2.22. The van der Waals surface area contributed by atoms with Gasteiger partial charge in [0.05, 0.1) is 17.4 Å². The summed E-state index contributed by atoms with van der Waals surface area (Å²) in [4.78, 5) is 34.2. The van der Waals surface area contributed by atoms with Crippen molar-refractivity contribution in [3.05, 3.63) is 70.3 Å². The van der Waals surface area contributed by atoms with Gasteiger partial charge < -0.3 is 15.0 Å². The van der Waals surface area contributed by atoms with E-state index in [9.17, 15) is 9.59 Å². The summed E-state index contributed by atoms with van der Waals surface area (Å²) in [6.07, 6.45) is 3.77. The first-order chi connectivity index (χ1) is 15.6. The monoisotopic (exact) mass is 434 g/mol. The Morgan fingerprint density at radius 3 is 2.91 bits per heavy atom. The van der Waals surface area contributed by atoms with Crippen LogP contribution >= 0.6 is 0 Å². The molecular weight excluding hydrogens is 404 g/mol. The van der Waals surface area contributed by atoms with Crippen LogP contribution in [0.4, 0.5) is 0 Å². The summed E-state index contributed by atoms with van der Waals surface area (Å²) in [5.41, 5.74) is 1.59. The van der Waals surface area contributed by atoms with Gasteiger partial charge in [-0.1, -0.05) is 43.7 Å². The number of unbranched alkanes of at least 4 members (excludes halogenated alkanes) is 1. The van der Waals surface area contributed by atoms with Gasteiger partial charge in [0.1, 0.15) is 17.7 Å². The number of rotatable bonds is 8. The smallest absolute Gasteiger partial charge is 0.258 e. The van der Waals surface area contributed by atoms with E-state index < -0.39 is 0 Å². The number of ether oxygens (including phenoxy) is 1. The van der Waals surface area contributed by atoms with Crippen molar-refractivity contribution in [2.24, 2.45) is 0 Å². The van der Waals surface area contributed by atoms with E-state index in [1.807, 2.05) is 24.3 Å². The molecule has 1 aromatic heterocycles. The topological polar surface area (TPSA) is 87.3 Å².